The molecule has 6 nitrogen and oxygen atoms in total. The summed E-state index contributed by atoms with van der Waals surface area (Å²) >= 11 is 18.0. The Balaban J connectivity index is 1.62. The SMILES string of the molecule is O=C1/C(=C\c2ccc(-c3ccc(Cl)c([N+](=O)[O-])c3)o2)SC(=S)N1c1ccc(F)c(Cl)c1. The van der Waals surface area contributed by atoms with Gasteiger partial charge in [0.2, 0.25) is 0 Å². The van der Waals surface area contributed by atoms with Gasteiger partial charge in [-0.15, -0.1) is 0 Å². The van der Waals surface area contributed by atoms with Crippen LogP contribution in [0.1, 0.15) is 5.76 Å². The first-order chi connectivity index (χ1) is 14.7. The van der Waals surface area contributed by atoms with E-state index < -0.39 is 16.6 Å². The number of carbonyl (C=O) groups excluding carboxylic acids is 1. The summed E-state index contributed by atoms with van der Waals surface area (Å²) in [5.74, 6) is -0.285. The number of thiocarbonyl (C=S) groups is 1. The maximum atomic E-state index is 13.4. The highest BCUT2D eigenvalue weighted by atomic mass is 35.5. The number of halogens is 3. The highest BCUT2D eigenvalue weighted by Crippen LogP contribution is 2.38. The van der Waals surface area contributed by atoms with Gasteiger partial charge in [0.05, 0.1) is 20.5 Å². The molecule has 0 radical (unpaired) electrons. The number of nitro groups is 1. The molecule has 1 amide bonds. The van der Waals surface area contributed by atoms with Crippen LogP contribution in [0.4, 0.5) is 15.8 Å². The third-order valence-electron chi connectivity index (χ3n) is 4.28. The van der Waals surface area contributed by atoms with E-state index in [0.29, 0.717) is 27.7 Å². The second-order valence-electron chi connectivity index (χ2n) is 6.24. The molecular weight excluding hydrogens is 486 g/mol. The van der Waals surface area contributed by atoms with Crippen molar-refractivity contribution in [1.29, 1.82) is 0 Å². The molecule has 1 saturated heterocycles. The van der Waals surface area contributed by atoms with Gasteiger partial charge in [-0.1, -0.05) is 47.2 Å². The normalized spacial score (nSPS) is 15.2. The summed E-state index contributed by atoms with van der Waals surface area (Å²) in [6.45, 7) is 0. The summed E-state index contributed by atoms with van der Waals surface area (Å²) in [6.07, 6.45) is 1.51. The summed E-state index contributed by atoms with van der Waals surface area (Å²) < 4.78 is 19.4. The maximum Gasteiger partial charge on any atom is 0.288 e. The van der Waals surface area contributed by atoms with Gasteiger partial charge in [0.15, 0.2) is 4.32 Å². The summed E-state index contributed by atoms with van der Waals surface area (Å²) in [7, 11) is 0. The maximum absolute atomic E-state index is 13.4. The van der Waals surface area contributed by atoms with Gasteiger partial charge >= 0.3 is 0 Å². The molecule has 0 atom stereocenters. The van der Waals surface area contributed by atoms with Crippen LogP contribution in [0.5, 0.6) is 0 Å². The van der Waals surface area contributed by atoms with Crippen molar-refractivity contribution >= 4 is 74.9 Å². The summed E-state index contributed by atoms with van der Waals surface area (Å²) in [5.41, 5.74) is 0.575. The van der Waals surface area contributed by atoms with Gasteiger partial charge in [0.25, 0.3) is 11.6 Å². The minimum atomic E-state index is -0.600. The Kier molecular flexibility index (Phi) is 5.85. The van der Waals surface area contributed by atoms with E-state index in [1.807, 2.05) is 0 Å². The molecule has 31 heavy (non-hydrogen) atoms. The zero-order chi connectivity index (χ0) is 22.3. The molecule has 1 aliphatic heterocycles. The fraction of sp³-hybridized carbons (Fsp3) is 0. The van der Waals surface area contributed by atoms with Gasteiger partial charge in [-0.2, -0.15) is 0 Å². The molecule has 11 heteroatoms. The van der Waals surface area contributed by atoms with E-state index in [1.165, 1.54) is 35.2 Å². The van der Waals surface area contributed by atoms with Crippen LogP contribution in [0.15, 0.2) is 57.9 Å². The van der Waals surface area contributed by atoms with Crippen LogP contribution in [0, 0.1) is 15.9 Å². The van der Waals surface area contributed by atoms with Crippen LogP contribution in [-0.2, 0) is 4.79 Å². The zero-order valence-electron chi connectivity index (χ0n) is 15.2. The van der Waals surface area contributed by atoms with Crippen LogP contribution in [0.25, 0.3) is 17.4 Å². The number of rotatable bonds is 4. The summed E-state index contributed by atoms with van der Waals surface area (Å²) in [5, 5.41) is 11.0. The fourth-order valence-electron chi connectivity index (χ4n) is 2.84. The monoisotopic (exact) mass is 494 g/mol. The van der Waals surface area contributed by atoms with E-state index in [4.69, 9.17) is 39.8 Å². The van der Waals surface area contributed by atoms with E-state index in [0.717, 1.165) is 17.8 Å². The summed E-state index contributed by atoms with van der Waals surface area (Å²) in [4.78, 5) is 24.9. The fourth-order valence-corrected chi connectivity index (χ4v) is 4.48. The summed E-state index contributed by atoms with van der Waals surface area (Å²) in [6, 6.07) is 11.4. The molecule has 2 heterocycles. The smallest absolute Gasteiger partial charge is 0.288 e. The molecule has 3 aromatic rings. The van der Waals surface area contributed by atoms with E-state index in [9.17, 15) is 19.3 Å². The standard InChI is InChI=1S/C20H9Cl2FN2O4S2/c21-13-4-1-10(7-16(13)25(27)28)17-6-3-12(29-17)9-18-19(26)24(20(30)31-18)11-2-5-15(23)14(22)8-11/h1-9H/b18-9+. The molecule has 0 unspecified atom stereocenters. The van der Waals surface area contributed by atoms with Crippen molar-refractivity contribution in [2.24, 2.45) is 0 Å². The van der Waals surface area contributed by atoms with Crippen LogP contribution in [0.2, 0.25) is 10.0 Å². The number of furan rings is 1. The van der Waals surface area contributed by atoms with Crippen molar-refractivity contribution < 1.29 is 18.5 Å². The van der Waals surface area contributed by atoms with Gasteiger partial charge in [-0.05, 0) is 42.5 Å². The first-order valence-electron chi connectivity index (χ1n) is 8.52. The molecule has 0 spiro atoms. The van der Waals surface area contributed by atoms with Crippen molar-refractivity contribution in [3.8, 4) is 11.3 Å². The van der Waals surface area contributed by atoms with Gasteiger partial charge in [-0.25, -0.2) is 4.39 Å². The Labute approximate surface area is 194 Å². The molecule has 1 aliphatic rings. The Morgan fingerprint density at radius 3 is 2.61 bits per heavy atom. The first kappa shape index (κ1) is 21.5. The second kappa shape index (κ2) is 8.43. The number of nitro benzene ring substituents is 1. The van der Waals surface area contributed by atoms with Crippen molar-refractivity contribution in [1.82, 2.24) is 0 Å². The van der Waals surface area contributed by atoms with Crippen LogP contribution >= 0.6 is 47.2 Å². The van der Waals surface area contributed by atoms with Crippen LogP contribution in [0.3, 0.4) is 0 Å². The highest BCUT2D eigenvalue weighted by molar-refractivity contribution is 8.27. The molecule has 1 fully saturated rings. The number of thioether (sulfide) groups is 1. The number of hydrogen-bond acceptors (Lipinski definition) is 6. The van der Waals surface area contributed by atoms with E-state index in [1.54, 1.807) is 18.2 Å². The Morgan fingerprint density at radius 2 is 1.90 bits per heavy atom. The van der Waals surface area contributed by atoms with Crippen molar-refractivity contribution in [3.63, 3.8) is 0 Å². The van der Waals surface area contributed by atoms with Crippen molar-refractivity contribution in [3.05, 3.63) is 85.2 Å². The number of hydrogen-bond donors (Lipinski definition) is 0. The van der Waals surface area contributed by atoms with Gasteiger partial charge in [0.1, 0.15) is 22.4 Å². The van der Waals surface area contributed by atoms with E-state index in [2.05, 4.69) is 0 Å². The lowest BCUT2D eigenvalue weighted by molar-refractivity contribution is -0.384. The van der Waals surface area contributed by atoms with Crippen molar-refractivity contribution in [2.45, 2.75) is 0 Å². The average molecular weight is 495 g/mol. The molecule has 4 rings (SSSR count). The van der Waals surface area contributed by atoms with Crippen molar-refractivity contribution in [2.75, 3.05) is 4.90 Å². The van der Waals surface area contributed by atoms with Gasteiger partial charge in [-0.3, -0.25) is 19.8 Å². The molecule has 1 aromatic heterocycles. The minimum Gasteiger partial charge on any atom is -0.457 e. The molecule has 0 N–H and O–H groups in total. The van der Waals surface area contributed by atoms with E-state index >= 15 is 0 Å². The number of nitrogens with zero attached hydrogens (tertiary/aromatic N) is 2. The third-order valence-corrected chi connectivity index (χ3v) is 6.19. The predicted molar refractivity (Wildman–Crippen MR) is 123 cm³/mol. The lowest BCUT2D eigenvalue weighted by Gasteiger charge is -2.14. The predicted octanol–water partition coefficient (Wildman–Crippen LogP) is 6.71. The Hall–Kier alpha value is -2.72. The van der Waals surface area contributed by atoms with Crippen LogP contribution < -0.4 is 4.90 Å². The molecule has 156 valence electrons. The average Bonchev–Trinajstić information content (AvgIpc) is 3.29. The van der Waals surface area contributed by atoms with Crippen LogP contribution in [-0.4, -0.2) is 15.2 Å². The Bertz CT molecular complexity index is 1290. The molecule has 0 saturated carbocycles. The largest absolute Gasteiger partial charge is 0.457 e. The van der Waals surface area contributed by atoms with E-state index in [-0.39, 0.29) is 20.1 Å². The molecule has 0 bridgehead atoms. The third kappa shape index (κ3) is 4.22. The number of benzene rings is 2. The zero-order valence-corrected chi connectivity index (χ0v) is 18.3. The lowest BCUT2D eigenvalue weighted by atomic mass is 10.1. The van der Waals surface area contributed by atoms with Gasteiger partial charge in [0, 0.05) is 17.7 Å². The highest BCUT2D eigenvalue weighted by Gasteiger charge is 2.34. The minimum absolute atomic E-state index is 0.0186. The number of carbonyl (C=O) groups is 1. The second-order valence-corrected chi connectivity index (χ2v) is 8.73. The molecule has 2 aromatic carbocycles. The number of amides is 1. The molecule has 0 aliphatic carbocycles. The molecular formula is C20H9Cl2FN2O4S2. The topological polar surface area (TPSA) is 76.6 Å². The first-order valence-corrected chi connectivity index (χ1v) is 10.5. The number of anilines is 1. The lowest BCUT2D eigenvalue weighted by Crippen LogP contribution is -2.27. The van der Waals surface area contributed by atoms with Gasteiger partial charge < -0.3 is 4.42 Å². The quantitative estimate of drug-likeness (QED) is 0.173. The Morgan fingerprint density at radius 1 is 1.13 bits per heavy atom.